The van der Waals surface area contributed by atoms with Crippen molar-refractivity contribution in [2.24, 2.45) is 5.14 Å². The van der Waals surface area contributed by atoms with Gasteiger partial charge in [0.05, 0.1) is 5.69 Å². The molecule has 0 amide bonds. The van der Waals surface area contributed by atoms with Gasteiger partial charge in [0.2, 0.25) is 0 Å². The van der Waals surface area contributed by atoms with Crippen molar-refractivity contribution in [1.82, 2.24) is 4.83 Å². The van der Waals surface area contributed by atoms with Crippen LogP contribution in [0.5, 0.6) is 0 Å². The Bertz CT molecular complexity index is 393. The van der Waals surface area contributed by atoms with E-state index in [4.69, 9.17) is 5.14 Å². The van der Waals surface area contributed by atoms with Crippen LogP contribution in [-0.4, -0.2) is 8.42 Å². The van der Waals surface area contributed by atoms with E-state index in [0.717, 1.165) is 4.47 Å². The zero-order chi connectivity index (χ0) is 9.90. The molecule has 0 fully saturated rings. The molecule has 0 bridgehead atoms. The summed E-state index contributed by atoms with van der Waals surface area (Å²) in [4.78, 5) is 1.94. The number of hydrazine groups is 1. The van der Waals surface area contributed by atoms with E-state index in [9.17, 15) is 8.42 Å². The number of anilines is 1. The number of nitrogens with two attached hydrogens (primary N) is 1. The van der Waals surface area contributed by atoms with Crippen molar-refractivity contribution in [3.63, 3.8) is 0 Å². The summed E-state index contributed by atoms with van der Waals surface area (Å²) in [6, 6.07) is 6.99. The molecule has 0 spiro atoms. The first-order chi connectivity index (χ1) is 5.97. The van der Waals surface area contributed by atoms with Crippen LogP contribution in [0, 0.1) is 0 Å². The van der Waals surface area contributed by atoms with Gasteiger partial charge in [-0.25, -0.2) is 5.14 Å². The number of rotatable bonds is 3. The third kappa shape index (κ3) is 4.23. The molecule has 1 rings (SSSR count). The van der Waals surface area contributed by atoms with Gasteiger partial charge in [-0.3, -0.25) is 0 Å². The van der Waals surface area contributed by atoms with Crippen molar-refractivity contribution in [3.8, 4) is 0 Å². The van der Waals surface area contributed by atoms with E-state index in [-0.39, 0.29) is 0 Å². The molecule has 0 aromatic heterocycles. The lowest BCUT2D eigenvalue weighted by Gasteiger charge is -2.05. The molecule has 13 heavy (non-hydrogen) atoms. The van der Waals surface area contributed by atoms with Crippen molar-refractivity contribution < 1.29 is 8.42 Å². The third-order valence-electron chi connectivity index (χ3n) is 1.16. The first-order valence-electron chi connectivity index (χ1n) is 3.28. The molecule has 1 aromatic rings. The molecule has 5 nitrogen and oxygen atoms in total. The van der Waals surface area contributed by atoms with Gasteiger partial charge in [-0.1, -0.05) is 22.0 Å². The zero-order valence-electron chi connectivity index (χ0n) is 6.49. The molecular formula is C6H8BrN3O2S. The highest BCUT2D eigenvalue weighted by atomic mass is 79.9. The van der Waals surface area contributed by atoms with Crippen LogP contribution >= 0.6 is 15.9 Å². The van der Waals surface area contributed by atoms with E-state index >= 15 is 0 Å². The van der Waals surface area contributed by atoms with Gasteiger partial charge in [-0.05, 0) is 18.2 Å². The van der Waals surface area contributed by atoms with Crippen LogP contribution < -0.4 is 15.4 Å². The minimum atomic E-state index is -3.71. The highest BCUT2D eigenvalue weighted by Gasteiger charge is 1.99. The van der Waals surface area contributed by atoms with Crippen LogP contribution in [0.15, 0.2) is 28.7 Å². The molecule has 0 unspecified atom stereocenters. The van der Waals surface area contributed by atoms with Crippen molar-refractivity contribution in [2.75, 3.05) is 5.43 Å². The monoisotopic (exact) mass is 265 g/mol. The Hall–Kier alpha value is -0.630. The summed E-state index contributed by atoms with van der Waals surface area (Å²) < 4.78 is 21.8. The first kappa shape index (κ1) is 10.5. The van der Waals surface area contributed by atoms with E-state index < -0.39 is 10.2 Å². The molecular weight excluding hydrogens is 258 g/mol. The molecule has 0 radical (unpaired) electrons. The lowest BCUT2D eigenvalue weighted by Crippen LogP contribution is -2.35. The second-order valence-electron chi connectivity index (χ2n) is 2.28. The summed E-state index contributed by atoms with van der Waals surface area (Å²) >= 11 is 3.23. The Labute approximate surface area is 84.6 Å². The summed E-state index contributed by atoms with van der Waals surface area (Å²) in [5, 5.41) is 4.71. The van der Waals surface area contributed by atoms with Gasteiger partial charge in [-0.2, -0.15) is 8.42 Å². The highest BCUT2D eigenvalue weighted by Crippen LogP contribution is 2.14. The Morgan fingerprint density at radius 1 is 1.38 bits per heavy atom. The minimum Gasteiger partial charge on any atom is -0.307 e. The number of nitrogens with one attached hydrogen (secondary N) is 2. The maximum atomic E-state index is 10.5. The molecule has 0 aliphatic rings. The molecule has 0 atom stereocenters. The molecule has 0 aliphatic heterocycles. The Morgan fingerprint density at radius 2 is 2.08 bits per heavy atom. The van der Waals surface area contributed by atoms with E-state index in [1.165, 1.54) is 0 Å². The SMILES string of the molecule is NS(=O)(=O)NNc1cccc(Br)c1. The van der Waals surface area contributed by atoms with E-state index in [1.807, 2.05) is 10.9 Å². The van der Waals surface area contributed by atoms with Gasteiger partial charge in [-0.15, -0.1) is 4.83 Å². The maximum absolute atomic E-state index is 10.5. The summed E-state index contributed by atoms with van der Waals surface area (Å²) in [6.07, 6.45) is 0. The molecule has 0 heterocycles. The van der Waals surface area contributed by atoms with Gasteiger partial charge in [0.15, 0.2) is 0 Å². The highest BCUT2D eigenvalue weighted by molar-refractivity contribution is 9.10. The van der Waals surface area contributed by atoms with Crippen molar-refractivity contribution in [1.29, 1.82) is 0 Å². The molecule has 72 valence electrons. The third-order valence-corrected chi connectivity index (χ3v) is 2.04. The topological polar surface area (TPSA) is 84.2 Å². The van der Waals surface area contributed by atoms with E-state index in [2.05, 4.69) is 21.4 Å². The normalized spacial score (nSPS) is 11.2. The standard InChI is InChI=1S/C6H8BrN3O2S/c7-5-2-1-3-6(4-5)9-10-13(8,11)12/h1-4,9-10H,(H2,8,11,12). The maximum Gasteiger partial charge on any atom is 0.291 e. The average Bonchev–Trinajstić information content (AvgIpc) is 2.00. The predicted molar refractivity (Wildman–Crippen MR) is 54.0 cm³/mol. The fourth-order valence-electron chi connectivity index (χ4n) is 0.696. The number of hydrogen-bond donors (Lipinski definition) is 3. The quantitative estimate of drug-likeness (QED) is 0.699. The molecule has 0 saturated heterocycles. The van der Waals surface area contributed by atoms with Gasteiger partial charge >= 0.3 is 0 Å². The number of benzene rings is 1. The van der Waals surface area contributed by atoms with Crippen LogP contribution in [0.4, 0.5) is 5.69 Å². The Kier molecular flexibility index (Phi) is 3.26. The lowest BCUT2D eigenvalue weighted by molar-refractivity contribution is 0.589. The van der Waals surface area contributed by atoms with Gasteiger partial charge < -0.3 is 5.43 Å². The second-order valence-corrected chi connectivity index (χ2v) is 4.49. The predicted octanol–water partition coefficient (Wildman–Crippen LogP) is 0.569. The van der Waals surface area contributed by atoms with Gasteiger partial charge in [0.1, 0.15) is 0 Å². The summed E-state index contributed by atoms with van der Waals surface area (Å²) in [5.74, 6) is 0. The van der Waals surface area contributed by atoms with Gasteiger partial charge in [0.25, 0.3) is 10.2 Å². The van der Waals surface area contributed by atoms with Crippen LogP contribution in [0.1, 0.15) is 0 Å². The summed E-state index contributed by atoms with van der Waals surface area (Å²) in [5.41, 5.74) is 3.03. The molecule has 1 aromatic carbocycles. The minimum absolute atomic E-state index is 0.600. The lowest BCUT2D eigenvalue weighted by atomic mass is 10.3. The Morgan fingerprint density at radius 3 is 2.62 bits per heavy atom. The second kappa shape index (κ2) is 4.05. The van der Waals surface area contributed by atoms with E-state index in [1.54, 1.807) is 18.2 Å². The van der Waals surface area contributed by atoms with Crippen molar-refractivity contribution in [2.45, 2.75) is 0 Å². The molecule has 0 aliphatic carbocycles. The van der Waals surface area contributed by atoms with Crippen LogP contribution in [0.3, 0.4) is 0 Å². The van der Waals surface area contributed by atoms with E-state index in [0.29, 0.717) is 5.69 Å². The Balaban J connectivity index is 2.65. The number of halogens is 1. The largest absolute Gasteiger partial charge is 0.307 e. The fraction of sp³-hybridized carbons (Fsp3) is 0. The first-order valence-corrected chi connectivity index (χ1v) is 5.62. The zero-order valence-corrected chi connectivity index (χ0v) is 8.89. The van der Waals surface area contributed by atoms with Crippen LogP contribution in [0.25, 0.3) is 0 Å². The average molecular weight is 266 g/mol. The smallest absolute Gasteiger partial charge is 0.291 e. The van der Waals surface area contributed by atoms with Crippen molar-refractivity contribution in [3.05, 3.63) is 28.7 Å². The van der Waals surface area contributed by atoms with Crippen molar-refractivity contribution >= 4 is 31.8 Å². The van der Waals surface area contributed by atoms with Crippen LogP contribution in [-0.2, 0) is 10.2 Å². The molecule has 7 heteroatoms. The molecule has 0 saturated carbocycles. The summed E-state index contributed by atoms with van der Waals surface area (Å²) in [6.45, 7) is 0. The fourth-order valence-corrected chi connectivity index (χ4v) is 1.36. The van der Waals surface area contributed by atoms with Crippen LogP contribution in [0.2, 0.25) is 0 Å². The van der Waals surface area contributed by atoms with Gasteiger partial charge in [0, 0.05) is 4.47 Å². The summed E-state index contributed by atoms with van der Waals surface area (Å²) in [7, 11) is -3.71. The number of hydrogen-bond acceptors (Lipinski definition) is 3. The molecule has 4 N–H and O–H groups in total.